The van der Waals surface area contributed by atoms with Crippen LogP contribution in [0, 0.1) is 5.82 Å². The Morgan fingerprint density at radius 2 is 2.09 bits per heavy atom. The van der Waals surface area contributed by atoms with E-state index in [2.05, 4.69) is 21.7 Å². The van der Waals surface area contributed by atoms with Crippen molar-refractivity contribution in [2.75, 3.05) is 37.7 Å². The van der Waals surface area contributed by atoms with Crippen molar-refractivity contribution in [3.8, 4) is 28.9 Å². The maximum absolute atomic E-state index is 17.2. The minimum absolute atomic E-state index is 0.00502. The molecule has 47 heavy (non-hydrogen) atoms. The molecule has 2 aromatic heterocycles. The predicted octanol–water partition coefficient (Wildman–Crippen LogP) is 5.77. The van der Waals surface area contributed by atoms with Gasteiger partial charge >= 0.3 is 6.01 Å². The summed E-state index contributed by atoms with van der Waals surface area (Å²) in [4.78, 5) is 18.9. The molecule has 5 aliphatic rings. The van der Waals surface area contributed by atoms with E-state index in [9.17, 15) is 9.50 Å². The predicted molar refractivity (Wildman–Crippen MR) is 176 cm³/mol. The van der Waals surface area contributed by atoms with E-state index in [0.717, 1.165) is 54.1 Å². The van der Waals surface area contributed by atoms with Crippen LogP contribution < -0.4 is 19.7 Å². The molecule has 244 valence electrons. The summed E-state index contributed by atoms with van der Waals surface area (Å²) in [6.45, 7) is 8.81. The number of pyridine rings is 1. The van der Waals surface area contributed by atoms with Crippen LogP contribution in [-0.2, 0) is 0 Å². The van der Waals surface area contributed by atoms with E-state index in [1.165, 1.54) is 0 Å². The zero-order valence-corrected chi connectivity index (χ0v) is 26.4. The number of hydrogen-bond acceptors (Lipinski definition) is 9. The maximum atomic E-state index is 17.2. The van der Waals surface area contributed by atoms with Crippen LogP contribution in [0.2, 0.25) is 0 Å². The van der Waals surface area contributed by atoms with Gasteiger partial charge in [-0.3, -0.25) is 4.90 Å². The topological polar surface area (TPSA) is 95.9 Å². The van der Waals surface area contributed by atoms with Gasteiger partial charge in [-0.25, -0.2) is 13.8 Å². The molecule has 0 unspecified atom stereocenters. The highest BCUT2D eigenvalue weighted by Gasteiger charge is 2.50. The van der Waals surface area contributed by atoms with Crippen molar-refractivity contribution in [2.24, 2.45) is 0 Å². The molecule has 0 amide bonds. The SMILES string of the molecule is C=C(CC)c1cccc2cc(O)cc(-c3nc4c5c(nc(OC[C@@]67CCCN6C[C@H](F)C7)nc5c3F)N3C[C@@H]5CC[C@@H](N5)[C@@H]3CO4)c12. The molecule has 0 radical (unpaired) electrons. The summed E-state index contributed by atoms with van der Waals surface area (Å²) in [6.07, 6.45) is 4.11. The lowest BCUT2D eigenvalue weighted by Gasteiger charge is -2.40. The average Bonchev–Trinajstić information content (AvgIpc) is 3.70. The van der Waals surface area contributed by atoms with Gasteiger partial charge in [0.05, 0.1) is 11.6 Å². The van der Waals surface area contributed by atoms with Crippen molar-refractivity contribution in [1.29, 1.82) is 0 Å². The minimum atomic E-state index is -0.894. The van der Waals surface area contributed by atoms with Crippen LogP contribution in [0.5, 0.6) is 17.6 Å². The summed E-state index contributed by atoms with van der Waals surface area (Å²) < 4.78 is 44.6. The van der Waals surface area contributed by atoms with Gasteiger partial charge in [-0.1, -0.05) is 31.7 Å². The number of halogens is 2. The highest BCUT2D eigenvalue weighted by molar-refractivity contribution is 6.06. The maximum Gasteiger partial charge on any atom is 0.319 e. The van der Waals surface area contributed by atoms with Gasteiger partial charge in [0.15, 0.2) is 5.82 Å². The molecule has 11 heteroatoms. The second kappa shape index (κ2) is 10.7. The first-order chi connectivity index (χ1) is 22.8. The summed E-state index contributed by atoms with van der Waals surface area (Å²) in [5.41, 5.74) is 1.85. The molecule has 7 heterocycles. The molecule has 9 rings (SSSR count). The first-order valence-electron chi connectivity index (χ1n) is 16.8. The van der Waals surface area contributed by atoms with Crippen LogP contribution in [0.15, 0.2) is 36.9 Å². The number of rotatable bonds is 6. The highest BCUT2D eigenvalue weighted by atomic mass is 19.1. The fraction of sp³-hybridized carbons (Fsp3) is 0.472. The Morgan fingerprint density at radius 3 is 2.96 bits per heavy atom. The number of aromatic nitrogens is 3. The van der Waals surface area contributed by atoms with Gasteiger partial charge in [0.1, 0.15) is 47.5 Å². The molecule has 0 saturated carbocycles. The molecule has 2 N–H and O–H groups in total. The normalized spacial score (nSPS) is 27.9. The molecule has 9 nitrogen and oxygen atoms in total. The van der Waals surface area contributed by atoms with Crippen LogP contribution in [0.25, 0.3) is 38.5 Å². The van der Waals surface area contributed by atoms with Crippen LogP contribution in [0.3, 0.4) is 0 Å². The molecule has 0 aliphatic carbocycles. The van der Waals surface area contributed by atoms with E-state index in [-0.39, 0.29) is 47.5 Å². The Hall–Kier alpha value is -4.09. The van der Waals surface area contributed by atoms with Crippen LogP contribution in [-0.4, -0.2) is 87.6 Å². The lowest BCUT2D eigenvalue weighted by atomic mass is 9.92. The molecule has 5 atom stereocenters. The van der Waals surface area contributed by atoms with Gasteiger partial charge in [0, 0.05) is 37.2 Å². The lowest BCUT2D eigenvalue weighted by molar-refractivity contribution is 0.107. The number of nitrogens with one attached hydrogen (secondary N) is 1. The van der Waals surface area contributed by atoms with Gasteiger partial charge in [-0.2, -0.15) is 9.97 Å². The summed E-state index contributed by atoms with van der Waals surface area (Å²) in [5.74, 6) is 0.152. The first-order valence-corrected chi connectivity index (χ1v) is 16.8. The van der Waals surface area contributed by atoms with E-state index in [4.69, 9.17) is 24.4 Å². The molecular weight excluding hydrogens is 602 g/mol. The Kier molecular flexibility index (Phi) is 6.63. The number of ether oxygens (including phenoxy) is 2. The van der Waals surface area contributed by atoms with Crippen LogP contribution in [0.1, 0.15) is 51.0 Å². The Balaban J connectivity index is 1.24. The largest absolute Gasteiger partial charge is 0.508 e. The van der Waals surface area contributed by atoms with E-state index in [1.54, 1.807) is 12.1 Å². The summed E-state index contributed by atoms with van der Waals surface area (Å²) in [5, 5.41) is 16.4. The number of piperazine rings is 1. The molecule has 4 fully saturated rings. The third-order valence-corrected chi connectivity index (χ3v) is 11.2. The minimum Gasteiger partial charge on any atom is -0.508 e. The standard InChI is InChI=1S/C36H38F2N6O3/c1-3-19(2)24-7-4-6-20-12-23(45)13-25(28(20)24)31-30(38)32-29-33(44-16-22-8-9-26(39-22)27(44)17-46-34(29)40-31)42-35(41-32)47-18-36-10-5-11-43(36)15-21(37)14-36/h4,6-7,12-13,21-22,26-27,39,45H,2-3,5,8-11,14-18H2,1H3/t21-,22+,26-,27+,36+/m1/s1. The van der Waals surface area contributed by atoms with Crippen LogP contribution >= 0.6 is 0 Å². The number of aromatic hydroxyl groups is 1. The number of fused-ring (bicyclic) bond motifs is 7. The van der Waals surface area contributed by atoms with Crippen molar-refractivity contribution >= 4 is 33.1 Å². The number of benzene rings is 2. The molecule has 0 spiro atoms. The zero-order valence-electron chi connectivity index (χ0n) is 26.4. The molecule has 5 aliphatic heterocycles. The fourth-order valence-electron chi connectivity index (χ4n) is 8.89. The summed E-state index contributed by atoms with van der Waals surface area (Å²) in [7, 11) is 0. The van der Waals surface area contributed by atoms with Crippen molar-refractivity contribution in [3.05, 3.63) is 48.3 Å². The molecule has 4 aromatic rings. The van der Waals surface area contributed by atoms with E-state index in [0.29, 0.717) is 55.3 Å². The van der Waals surface area contributed by atoms with Gasteiger partial charge in [0.25, 0.3) is 0 Å². The van der Waals surface area contributed by atoms with Crippen molar-refractivity contribution < 1.29 is 23.4 Å². The zero-order chi connectivity index (χ0) is 32.0. The van der Waals surface area contributed by atoms with Crippen molar-refractivity contribution in [3.63, 3.8) is 0 Å². The number of anilines is 1. The number of alkyl halides is 1. The number of hydrogen-bond donors (Lipinski definition) is 2. The summed E-state index contributed by atoms with van der Waals surface area (Å²) in [6, 6.07) is 9.48. The Bertz CT molecular complexity index is 1960. The third-order valence-electron chi connectivity index (χ3n) is 11.2. The van der Waals surface area contributed by atoms with Gasteiger partial charge in [0.2, 0.25) is 5.88 Å². The van der Waals surface area contributed by atoms with Crippen molar-refractivity contribution in [2.45, 2.75) is 75.3 Å². The number of nitrogens with zero attached hydrogens (tertiary/aromatic N) is 5. The van der Waals surface area contributed by atoms with Gasteiger partial charge < -0.3 is 24.8 Å². The van der Waals surface area contributed by atoms with Crippen LogP contribution in [0.4, 0.5) is 14.6 Å². The Morgan fingerprint density at radius 1 is 1.19 bits per heavy atom. The van der Waals surface area contributed by atoms with Gasteiger partial charge in [-0.05, 0) is 72.7 Å². The molecular formula is C36H38F2N6O3. The van der Waals surface area contributed by atoms with Gasteiger partial charge in [-0.15, -0.1) is 0 Å². The molecule has 4 saturated heterocycles. The lowest BCUT2D eigenvalue weighted by Crippen LogP contribution is -2.60. The van der Waals surface area contributed by atoms with Crippen molar-refractivity contribution in [1.82, 2.24) is 25.2 Å². The molecule has 2 bridgehead atoms. The second-order valence-electron chi connectivity index (χ2n) is 13.9. The number of phenols is 1. The Labute approximate surface area is 271 Å². The second-order valence-corrected chi connectivity index (χ2v) is 13.9. The van der Waals surface area contributed by atoms with E-state index >= 15 is 4.39 Å². The number of allylic oxidation sites excluding steroid dienone is 1. The van der Waals surface area contributed by atoms with E-state index < -0.39 is 17.5 Å². The monoisotopic (exact) mass is 640 g/mol. The summed E-state index contributed by atoms with van der Waals surface area (Å²) >= 11 is 0. The average molecular weight is 641 g/mol. The van der Waals surface area contributed by atoms with E-state index in [1.807, 2.05) is 25.1 Å². The smallest absolute Gasteiger partial charge is 0.319 e. The first kappa shape index (κ1) is 29.1. The third kappa shape index (κ3) is 4.49. The number of phenolic OH excluding ortho intramolecular Hbond substituents is 1. The molecule has 2 aromatic carbocycles. The fourth-order valence-corrected chi connectivity index (χ4v) is 8.89. The highest BCUT2D eigenvalue weighted by Crippen LogP contribution is 2.46. The quantitative estimate of drug-likeness (QED) is 0.272.